The maximum atomic E-state index is 12.6. The first-order valence-electron chi connectivity index (χ1n) is 6.40. The highest BCUT2D eigenvalue weighted by Crippen LogP contribution is 2.21. The van der Waals surface area contributed by atoms with Crippen LogP contribution < -0.4 is 5.32 Å². The third kappa shape index (κ3) is 2.59. The van der Waals surface area contributed by atoms with Crippen LogP contribution in [-0.4, -0.2) is 51.8 Å². The molecule has 0 atom stereocenters. The maximum Gasteiger partial charge on any atom is 0.256 e. The van der Waals surface area contributed by atoms with Crippen molar-refractivity contribution in [3.63, 3.8) is 0 Å². The number of hydrogen-bond donors (Lipinski definition) is 1. The van der Waals surface area contributed by atoms with Gasteiger partial charge in [0, 0.05) is 30.7 Å². The van der Waals surface area contributed by atoms with Crippen LogP contribution in [0.4, 0.5) is 0 Å². The minimum Gasteiger partial charge on any atom is -0.336 e. The largest absolute Gasteiger partial charge is 0.336 e. The highest BCUT2D eigenvalue weighted by atomic mass is 79.9. The molecule has 7 heteroatoms. The van der Waals surface area contributed by atoms with Crippen molar-refractivity contribution in [2.75, 3.05) is 26.2 Å². The van der Waals surface area contributed by atoms with Gasteiger partial charge in [0.25, 0.3) is 5.91 Å². The first kappa shape index (κ1) is 13.3. The second-order valence-corrected chi connectivity index (χ2v) is 5.46. The lowest BCUT2D eigenvalue weighted by Gasteiger charge is -2.28. The average Bonchev–Trinajstić information content (AvgIpc) is 3.01. The number of halogens is 1. The van der Waals surface area contributed by atoms with E-state index in [0.717, 1.165) is 36.3 Å². The summed E-state index contributed by atoms with van der Waals surface area (Å²) in [6, 6.07) is 5.57. The summed E-state index contributed by atoms with van der Waals surface area (Å²) in [5.41, 5.74) is 1.38. The molecule has 104 valence electrons. The van der Waals surface area contributed by atoms with Gasteiger partial charge in [0.05, 0.1) is 11.3 Å². The van der Waals surface area contributed by atoms with Crippen molar-refractivity contribution in [3.05, 3.63) is 40.9 Å². The summed E-state index contributed by atoms with van der Waals surface area (Å²) in [6.45, 7) is 3.12. The zero-order chi connectivity index (χ0) is 13.9. The van der Waals surface area contributed by atoms with Crippen molar-refractivity contribution in [3.8, 4) is 5.69 Å². The molecule has 20 heavy (non-hydrogen) atoms. The summed E-state index contributed by atoms with van der Waals surface area (Å²) in [5, 5.41) is 7.36. The molecule has 1 aromatic carbocycles. The van der Waals surface area contributed by atoms with Crippen LogP contribution in [0.3, 0.4) is 0 Å². The Labute approximate surface area is 124 Å². The normalized spacial score (nSPS) is 15.3. The van der Waals surface area contributed by atoms with Crippen LogP contribution in [-0.2, 0) is 0 Å². The van der Waals surface area contributed by atoms with E-state index < -0.39 is 0 Å². The Hall–Kier alpha value is -1.73. The van der Waals surface area contributed by atoms with Gasteiger partial charge in [0.1, 0.15) is 12.7 Å². The fourth-order valence-electron chi connectivity index (χ4n) is 2.25. The molecule has 0 bridgehead atoms. The predicted octanol–water partition coefficient (Wildman–Crippen LogP) is 1.08. The van der Waals surface area contributed by atoms with E-state index in [2.05, 4.69) is 31.3 Å². The van der Waals surface area contributed by atoms with E-state index >= 15 is 0 Å². The van der Waals surface area contributed by atoms with Crippen LogP contribution in [0.5, 0.6) is 0 Å². The first-order valence-corrected chi connectivity index (χ1v) is 7.19. The summed E-state index contributed by atoms with van der Waals surface area (Å²) in [6.07, 6.45) is 3.05. The van der Waals surface area contributed by atoms with Crippen molar-refractivity contribution in [1.29, 1.82) is 0 Å². The van der Waals surface area contributed by atoms with Gasteiger partial charge in [0.15, 0.2) is 0 Å². The molecule has 1 fully saturated rings. The topological polar surface area (TPSA) is 63.1 Å². The van der Waals surface area contributed by atoms with Gasteiger partial charge in [0.2, 0.25) is 0 Å². The molecule has 0 radical (unpaired) electrons. The number of aromatic nitrogens is 3. The monoisotopic (exact) mass is 335 g/mol. The quantitative estimate of drug-likeness (QED) is 0.891. The Morgan fingerprint density at radius 3 is 2.80 bits per heavy atom. The molecule has 2 aromatic rings. The predicted molar refractivity (Wildman–Crippen MR) is 77.8 cm³/mol. The lowest BCUT2D eigenvalue weighted by atomic mass is 10.1. The Kier molecular flexibility index (Phi) is 3.79. The van der Waals surface area contributed by atoms with E-state index in [9.17, 15) is 4.79 Å². The summed E-state index contributed by atoms with van der Waals surface area (Å²) in [4.78, 5) is 18.5. The Morgan fingerprint density at radius 2 is 2.10 bits per heavy atom. The SMILES string of the molecule is O=C(c1ccc(Br)cc1-n1cncn1)N1CCNCC1. The van der Waals surface area contributed by atoms with Crippen molar-refractivity contribution in [2.45, 2.75) is 0 Å². The molecule has 0 spiro atoms. The van der Waals surface area contributed by atoms with Crippen molar-refractivity contribution in [1.82, 2.24) is 25.0 Å². The van der Waals surface area contributed by atoms with E-state index in [0.29, 0.717) is 5.56 Å². The van der Waals surface area contributed by atoms with Crippen LogP contribution in [0.25, 0.3) is 5.69 Å². The molecule has 1 aliphatic rings. The molecule has 1 amide bonds. The molecule has 3 rings (SSSR count). The number of nitrogens with one attached hydrogen (secondary N) is 1. The lowest BCUT2D eigenvalue weighted by molar-refractivity contribution is 0.0735. The van der Waals surface area contributed by atoms with Crippen LogP contribution in [0.2, 0.25) is 0 Å². The summed E-state index contributed by atoms with van der Waals surface area (Å²) in [5.74, 6) is 0.0319. The van der Waals surface area contributed by atoms with Crippen molar-refractivity contribution >= 4 is 21.8 Å². The molecule has 0 aliphatic carbocycles. The second kappa shape index (κ2) is 5.72. The Balaban J connectivity index is 1.98. The number of amides is 1. The van der Waals surface area contributed by atoms with E-state index in [-0.39, 0.29) is 5.91 Å². The van der Waals surface area contributed by atoms with Gasteiger partial charge in [-0.05, 0) is 18.2 Å². The number of piperazine rings is 1. The van der Waals surface area contributed by atoms with Crippen molar-refractivity contribution in [2.24, 2.45) is 0 Å². The summed E-state index contributed by atoms with van der Waals surface area (Å²) < 4.78 is 2.51. The van der Waals surface area contributed by atoms with Crippen LogP contribution in [0, 0.1) is 0 Å². The van der Waals surface area contributed by atoms with Gasteiger partial charge in [-0.2, -0.15) is 5.10 Å². The Morgan fingerprint density at radius 1 is 1.30 bits per heavy atom. The highest BCUT2D eigenvalue weighted by molar-refractivity contribution is 9.10. The minimum atomic E-state index is 0.0319. The molecule has 2 heterocycles. The number of hydrogen-bond acceptors (Lipinski definition) is 4. The zero-order valence-corrected chi connectivity index (χ0v) is 12.4. The van der Waals surface area contributed by atoms with Gasteiger partial charge < -0.3 is 10.2 Å². The third-order valence-corrected chi connectivity index (χ3v) is 3.75. The average molecular weight is 336 g/mol. The summed E-state index contributed by atoms with van der Waals surface area (Å²) >= 11 is 3.43. The number of carbonyl (C=O) groups excluding carboxylic acids is 1. The fraction of sp³-hybridized carbons (Fsp3) is 0.308. The zero-order valence-electron chi connectivity index (χ0n) is 10.8. The molecular weight excluding hydrogens is 322 g/mol. The van der Waals surface area contributed by atoms with E-state index in [1.165, 1.54) is 6.33 Å². The maximum absolute atomic E-state index is 12.6. The second-order valence-electron chi connectivity index (χ2n) is 4.54. The molecule has 1 aromatic heterocycles. The number of nitrogens with zero attached hydrogens (tertiary/aromatic N) is 4. The number of carbonyl (C=O) groups is 1. The fourth-order valence-corrected chi connectivity index (χ4v) is 2.60. The lowest BCUT2D eigenvalue weighted by Crippen LogP contribution is -2.46. The van der Waals surface area contributed by atoms with Gasteiger partial charge in [-0.1, -0.05) is 15.9 Å². The van der Waals surface area contributed by atoms with Gasteiger partial charge in [-0.3, -0.25) is 4.79 Å². The first-order chi connectivity index (χ1) is 9.75. The van der Waals surface area contributed by atoms with Gasteiger partial charge in [-0.15, -0.1) is 0 Å². The van der Waals surface area contributed by atoms with E-state index in [1.54, 1.807) is 11.0 Å². The molecule has 1 saturated heterocycles. The molecule has 0 saturated carbocycles. The molecule has 6 nitrogen and oxygen atoms in total. The molecule has 0 unspecified atom stereocenters. The van der Waals surface area contributed by atoms with E-state index in [1.807, 2.05) is 23.1 Å². The molecule has 1 aliphatic heterocycles. The number of rotatable bonds is 2. The Bertz CT molecular complexity index is 607. The smallest absolute Gasteiger partial charge is 0.256 e. The van der Waals surface area contributed by atoms with Crippen LogP contribution >= 0.6 is 15.9 Å². The van der Waals surface area contributed by atoms with Gasteiger partial charge >= 0.3 is 0 Å². The van der Waals surface area contributed by atoms with Crippen molar-refractivity contribution < 1.29 is 4.79 Å². The minimum absolute atomic E-state index is 0.0319. The van der Waals surface area contributed by atoms with Gasteiger partial charge in [-0.25, -0.2) is 9.67 Å². The van der Waals surface area contributed by atoms with Crippen LogP contribution in [0.1, 0.15) is 10.4 Å². The standard InChI is InChI=1S/C13H14BrN5O/c14-10-1-2-11(12(7-10)19-9-16-8-17-19)13(20)18-5-3-15-4-6-18/h1-2,7-9,15H,3-6H2. The third-order valence-electron chi connectivity index (χ3n) is 3.26. The molecular formula is C13H14BrN5O. The van der Waals surface area contributed by atoms with Crippen LogP contribution in [0.15, 0.2) is 35.3 Å². The number of benzene rings is 1. The summed E-state index contributed by atoms with van der Waals surface area (Å²) in [7, 11) is 0. The highest BCUT2D eigenvalue weighted by Gasteiger charge is 2.21. The molecule has 1 N–H and O–H groups in total. The van der Waals surface area contributed by atoms with E-state index in [4.69, 9.17) is 0 Å².